The number of carbonyl (C=O) groups excluding carboxylic acids is 2. The molecule has 0 radical (unpaired) electrons. The first-order valence-electron chi connectivity index (χ1n) is 13.9. The van der Waals surface area contributed by atoms with Gasteiger partial charge in [0.05, 0.1) is 35.5 Å². The molecule has 0 spiro atoms. The first kappa shape index (κ1) is 41.7. The van der Waals surface area contributed by atoms with E-state index in [1.165, 1.54) is 24.3 Å². The monoisotopic (exact) mass is 742 g/mol. The minimum absolute atomic E-state index is 0. The summed E-state index contributed by atoms with van der Waals surface area (Å²) < 4.78 is 75.4. The van der Waals surface area contributed by atoms with Crippen molar-refractivity contribution in [2.24, 2.45) is 0 Å². The van der Waals surface area contributed by atoms with Crippen molar-refractivity contribution < 1.29 is 115 Å². The number of hydrogen-bond acceptors (Lipinski definition) is 10. The number of hydrogen-bond donors (Lipinski definition) is 0. The van der Waals surface area contributed by atoms with Gasteiger partial charge in [-0.2, -0.15) is 26.3 Å². The molecule has 6 aromatic rings. The predicted molar refractivity (Wildman–Crippen MR) is 155 cm³/mol. The molecular formula is C32H18F6N6Na2O6. The van der Waals surface area contributed by atoms with Crippen molar-refractivity contribution in [1.29, 1.82) is 0 Å². The number of rotatable bonds is 8. The zero-order chi connectivity index (χ0) is 36.1. The number of alkyl halides is 6. The number of carbonyl (C=O) groups is 2. The molecule has 256 valence electrons. The van der Waals surface area contributed by atoms with Gasteiger partial charge in [-0.25, -0.2) is 0 Å². The van der Waals surface area contributed by atoms with E-state index >= 15 is 0 Å². The molecule has 0 unspecified atom stereocenters. The molecule has 0 aliphatic carbocycles. The fraction of sp³-hybridized carbons (Fsp3) is 0.0625. The van der Waals surface area contributed by atoms with Crippen molar-refractivity contribution in [3.05, 3.63) is 132 Å². The van der Waals surface area contributed by atoms with Crippen LogP contribution < -0.4 is 79.0 Å². The Balaban J connectivity index is 0.000000270. The van der Waals surface area contributed by atoms with Crippen LogP contribution in [0.4, 0.5) is 26.3 Å². The summed E-state index contributed by atoms with van der Waals surface area (Å²) in [6.07, 6.45) is -6.67. The van der Waals surface area contributed by atoms with E-state index in [1.807, 2.05) is 0 Å². The Labute approximate surface area is 333 Å². The molecule has 2 heterocycles. The maximum atomic E-state index is 12.6. The SMILES string of the molecule is O=C([O-])c1cn(Oc2ccc(-c3ccc(C(F)(F)F)cc3)cc2)nn1.O=C([O-])c1cn(Oc2ccc(-c3ccc(C(F)(F)F)cc3)cc2)nn1.[Na+].[Na+]. The Morgan fingerprint density at radius 3 is 1.00 bits per heavy atom. The minimum atomic E-state index is -4.38. The maximum absolute atomic E-state index is 12.6. The second-order valence-electron chi connectivity index (χ2n) is 9.97. The fourth-order valence-corrected chi connectivity index (χ4v) is 4.11. The van der Waals surface area contributed by atoms with Gasteiger partial charge in [-0.05, 0) is 81.2 Å². The first-order chi connectivity index (χ1) is 23.7. The Hall–Kier alpha value is -4.72. The van der Waals surface area contributed by atoms with Crippen LogP contribution in [-0.2, 0) is 12.4 Å². The Morgan fingerprint density at radius 2 is 0.769 bits per heavy atom. The van der Waals surface area contributed by atoms with Crippen LogP contribution in [0.15, 0.2) is 109 Å². The topological polar surface area (TPSA) is 160 Å². The van der Waals surface area contributed by atoms with Gasteiger partial charge in [-0.1, -0.05) is 58.2 Å². The zero-order valence-electron chi connectivity index (χ0n) is 26.8. The zero-order valence-corrected chi connectivity index (χ0v) is 30.8. The van der Waals surface area contributed by atoms with Crippen LogP contribution in [0.25, 0.3) is 22.3 Å². The Bertz CT molecular complexity index is 1940. The minimum Gasteiger partial charge on any atom is -0.543 e. The number of aromatic carboxylic acids is 2. The molecule has 0 fully saturated rings. The van der Waals surface area contributed by atoms with E-state index in [2.05, 4.69) is 20.6 Å². The van der Waals surface area contributed by atoms with Crippen molar-refractivity contribution in [1.82, 2.24) is 30.3 Å². The normalized spacial score (nSPS) is 10.9. The van der Waals surface area contributed by atoms with Crippen molar-refractivity contribution >= 4 is 11.9 Å². The van der Waals surface area contributed by atoms with E-state index in [4.69, 9.17) is 9.68 Å². The Morgan fingerprint density at radius 1 is 0.500 bits per heavy atom. The van der Waals surface area contributed by atoms with E-state index < -0.39 is 35.4 Å². The number of carboxylic acids is 2. The molecule has 52 heavy (non-hydrogen) atoms. The third-order valence-corrected chi connectivity index (χ3v) is 6.56. The summed E-state index contributed by atoms with van der Waals surface area (Å²) >= 11 is 0. The van der Waals surface area contributed by atoms with E-state index in [1.54, 1.807) is 48.5 Å². The number of aromatic nitrogens is 6. The van der Waals surface area contributed by atoms with E-state index in [0.717, 1.165) is 46.3 Å². The van der Waals surface area contributed by atoms with Gasteiger partial charge in [0.15, 0.2) is 11.5 Å². The molecule has 0 bridgehead atoms. The van der Waals surface area contributed by atoms with Gasteiger partial charge in [0.25, 0.3) is 0 Å². The first-order valence-corrected chi connectivity index (χ1v) is 13.9. The molecule has 20 heteroatoms. The van der Waals surface area contributed by atoms with Gasteiger partial charge in [0.1, 0.15) is 11.4 Å². The van der Waals surface area contributed by atoms with Crippen LogP contribution >= 0.6 is 0 Å². The van der Waals surface area contributed by atoms with Crippen LogP contribution in [0.2, 0.25) is 0 Å². The average molecular weight is 743 g/mol. The molecule has 0 atom stereocenters. The standard InChI is InChI=1S/2C16H10F3N3O3.2Na/c2*17-16(18,19)12-5-1-10(2-6-12)11-3-7-13(8-4-11)25-22-9-14(15(23)24)20-21-22;;/h2*1-9H,(H,23,24);;/q;;2*+1/p-2. The number of nitrogens with zero attached hydrogens (tertiary/aromatic N) is 6. The van der Waals surface area contributed by atoms with Gasteiger partial charge in [0, 0.05) is 0 Å². The van der Waals surface area contributed by atoms with Gasteiger partial charge >= 0.3 is 71.5 Å². The summed E-state index contributed by atoms with van der Waals surface area (Å²) in [5.74, 6) is -2.28. The summed E-state index contributed by atoms with van der Waals surface area (Å²) in [6.45, 7) is 0. The molecule has 0 saturated carbocycles. The van der Waals surface area contributed by atoms with Crippen LogP contribution in [0, 0.1) is 0 Å². The molecule has 0 amide bonds. The van der Waals surface area contributed by atoms with Gasteiger partial charge in [-0.15, -0.1) is 10.2 Å². The summed E-state index contributed by atoms with van der Waals surface area (Å²) in [5, 5.41) is 34.8. The largest absolute Gasteiger partial charge is 1.00 e. The van der Waals surface area contributed by atoms with Crippen molar-refractivity contribution in [2.75, 3.05) is 0 Å². The van der Waals surface area contributed by atoms with Crippen LogP contribution in [-0.4, -0.2) is 42.3 Å². The summed E-state index contributed by atoms with van der Waals surface area (Å²) in [6, 6.07) is 22.4. The van der Waals surface area contributed by atoms with Crippen LogP contribution in [0.3, 0.4) is 0 Å². The number of carboxylic acid groups (broad SMARTS) is 2. The Kier molecular flexibility index (Phi) is 14.2. The van der Waals surface area contributed by atoms with E-state index in [9.17, 15) is 46.1 Å². The molecule has 0 saturated heterocycles. The molecule has 4 aromatic carbocycles. The molecule has 0 aliphatic heterocycles. The molecule has 6 rings (SSSR count). The fourth-order valence-electron chi connectivity index (χ4n) is 4.11. The quantitative estimate of drug-likeness (QED) is 0.131. The van der Waals surface area contributed by atoms with Crippen molar-refractivity contribution in [3.8, 4) is 33.8 Å². The molecule has 0 aliphatic rings. The predicted octanol–water partition coefficient (Wildman–Crippen LogP) is -1.65. The van der Waals surface area contributed by atoms with E-state index in [0.29, 0.717) is 33.8 Å². The second kappa shape index (κ2) is 17.7. The number of halogens is 6. The van der Waals surface area contributed by atoms with Crippen LogP contribution in [0.5, 0.6) is 11.5 Å². The van der Waals surface area contributed by atoms with Gasteiger partial charge in [0.2, 0.25) is 0 Å². The summed E-state index contributed by atoms with van der Waals surface area (Å²) in [7, 11) is 0. The summed E-state index contributed by atoms with van der Waals surface area (Å²) in [4.78, 5) is 33.5. The molecule has 12 nitrogen and oxygen atoms in total. The van der Waals surface area contributed by atoms with Gasteiger partial charge in [-0.3, -0.25) is 0 Å². The summed E-state index contributed by atoms with van der Waals surface area (Å²) in [5.41, 5.74) is 0.421. The third-order valence-electron chi connectivity index (χ3n) is 6.56. The molecular weight excluding hydrogens is 724 g/mol. The van der Waals surface area contributed by atoms with Crippen LogP contribution in [0.1, 0.15) is 32.1 Å². The third kappa shape index (κ3) is 11.1. The van der Waals surface area contributed by atoms with Crippen molar-refractivity contribution in [3.63, 3.8) is 0 Å². The smallest absolute Gasteiger partial charge is 0.543 e. The molecule has 2 aromatic heterocycles. The average Bonchev–Trinajstić information content (AvgIpc) is 3.76. The second-order valence-corrected chi connectivity index (χ2v) is 9.97. The number of benzene rings is 4. The van der Waals surface area contributed by atoms with Crippen molar-refractivity contribution in [2.45, 2.75) is 12.4 Å². The maximum Gasteiger partial charge on any atom is 1.00 e. The van der Waals surface area contributed by atoms with Gasteiger partial charge < -0.3 is 29.5 Å². The van der Waals surface area contributed by atoms with E-state index in [-0.39, 0.29) is 70.5 Å². The molecule has 0 N–H and O–H groups in total.